The summed E-state index contributed by atoms with van der Waals surface area (Å²) in [6.45, 7) is 6.25. The second kappa shape index (κ2) is 7.03. The van der Waals surface area contributed by atoms with Crippen molar-refractivity contribution in [2.45, 2.75) is 26.8 Å². The highest BCUT2D eigenvalue weighted by Crippen LogP contribution is 2.25. The first kappa shape index (κ1) is 15.2. The molecule has 1 aromatic carbocycles. The highest BCUT2D eigenvalue weighted by atomic mass is 16.5. The van der Waals surface area contributed by atoms with E-state index in [1.165, 1.54) is 0 Å². The first-order valence-corrected chi connectivity index (χ1v) is 7.07. The lowest BCUT2D eigenvalue weighted by molar-refractivity contribution is 0.114. The van der Waals surface area contributed by atoms with Gasteiger partial charge in [-0.1, -0.05) is 13.8 Å². The molecule has 0 saturated heterocycles. The molecule has 2 rings (SSSR count). The Balaban J connectivity index is 1.98. The van der Waals surface area contributed by atoms with Gasteiger partial charge in [0.05, 0.1) is 13.2 Å². The lowest BCUT2D eigenvalue weighted by Gasteiger charge is -2.09. The number of hydrogen-bond acceptors (Lipinski definition) is 6. The van der Waals surface area contributed by atoms with E-state index in [0.717, 1.165) is 18.6 Å². The second-order valence-electron chi connectivity index (χ2n) is 5.37. The van der Waals surface area contributed by atoms with Gasteiger partial charge in [-0.2, -0.15) is 0 Å². The zero-order valence-electron chi connectivity index (χ0n) is 12.5. The van der Waals surface area contributed by atoms with Crippen molar-refractivity contribution in [1.82, 2.24) is 20.2 Å². The van der Waals surface area contributed by atoms with Crippen LogP contribution in [-0.4, -0.2) is 33.4 Å². The fourth-order valence-electron chi connectivity index (χ4n) is 1.91. The predicted molar refractivity (Wildman–Crippen MR) is 82.4 cm³/mol. The number of benzene rings is 1. The number of anilines is 2. The van der Waals surface area contributed by atoms with Gasteiger partial charge in [0.25, 0.3) is 0 Å². The summed E-state index contributed by atoms with van der Waals surface area (Å²) in [5.41, 5.74) is 13.6. The minimum Gasteiger partial charge on any atom is -0.399 e. The predicted octanol–water partition coefficient (Wildman–Crippen LogP) is 1.57. The van der Waals surface area contributed by atoms with E-state index in [4.69, 9.17) is 16.2 Å². The van der Waals surface area contributed by atoms with Crippen LogP contribution in [-0.2, 0) is 11.3 Å². The molecule has 4 N–H and O–H groups in total. The number of tetrazole rings is 1. The molecule has 7 nitrogen and oxygen atoms in total. The van der Waals surface area contributed by atoms with Crippen molar-refractivity contribution in [1.29, 1.82) is 0 Å². The van der Waals surface area contributed by atoms with Crippen LogP contribution in [0.3, 0.4) is 0 Å². The van der Waals surface area contributed by atoms with Crippen LogP contribution in [0.25, 0.3) is 11.4 Å². The molecule has 2 aromatic rings. The normalized spacial score (nSPS) is 11.2. The summed E-state index contributed by atoms with van der Waals surface area (Å²) in [6, 6.07) is 5.31. The number of nitrogen functional groups attached to an aromatic ring is 2. The maximum Gasteiger partial charge on any atom is 0.184 e. The third-order valence-electron chi connectivity index (χ3n) is 3.14. The van der Waals surface area contributed by atoms with Gasteiger partial charge in [-0.15, -0.1) is 5.10 Å². The minimum atomic E-state index is 0.562. The summed E-state index contributed by atoms with van der Waals surface area (Å²) in [6.07, 6.45) is 1.05. The second-order valence-corrected chi connectivity index (χ2v) is 5.37. The Bertz CT molecular complexity index is 581. The van der Waals surface area contributed by atoms with Crippen LogP contribution in [0.4, 0.5) is 11.4 Å². The van der Waals surface area contributed by atoms with Gasteiger partial charge in [-0.05, 0) is 41.0 Å². The number of nitrogens with two attached hydrogens (primary N) is 2. The molecule has 0 amide bonds. The van der Waals surface area contributed by atoms with Crippen LogP contribution in [0.1, 0.15) is 20.3 Å². The summed E-state index contributed by atoms with van der Waals surface area (Å²) in [5, 5.41) is 11.7. The minimum absolute atomic E-state index is 0.562. The summed E-state index contributed by atoms with van der Waals surface area (Å²) in [4.78, 5) is 0. The maximum absolute atomic E-state index is 5.97. The van der Waals surface area contributed by atoms with Gasteiger partial charge in [-0.3, -0.25) is 0 Å². The fraction of sp³-hybridized carbons (Fsp3) is 0.500. The number of nitrogens with zero attached hydrogens (tertiary/aromatic N) is 4. The van der Waals surface area contributed by atoms with Crippen molar-refractivity contribution in [3.05, 3.63) is 18.2 Å². The molecule has 0 atom stereocenters. The average molecular weight is 290 g/mol. The van der Waals surface area contributed by atoms with Gasteiger partial charge in [0.2, 0.25) is 0 Å². The molecule has 1 heterocycles. The van der Waals surface area contributed by atoms with Gasteiger partial charge in [0.1, 0.15) is 0 Å². The number of hydrogen-bond donors (Lipinski definition) is 2. The molecule has 0 aliphatic carbocycles. The van der Waals surface area contributed by atoms with E-state index in [0.29, 0.717) is 36.3 Å². The van der Waals surface area contributed by atoms with Crippen LogP contribution in [0.15, 0.2) is 18.2 Å². The van der Waals surface area contributed by atoms with Gasteiger partial charge >= 0.3 is 0 Å². The Kier molecular flexibility index (Phi) is 5.10. The molecule has 0 radical (unpaired) electrons. The number of ether oxygens (including phenoxy) is 1. The van der Waals surface area contributed by atoms with Crippen molar-refractivity contribution in [3.63, 3.8) is 0 Å². The van der Waals surface area contributed by atoms with Gasteiger partial charge in [0.15, 0.2) is 5.82 Å². The van der Waals surface area contributed by atoms with E-state index in [2.05, 4.69) is 29.4 Å². The molecular weight excluding hydrogens is 268 g/mol. The van der Waals surface area contributed by atoms with Crippen molar-refractivity contribution in [2.75, 3.05) is 24.7 Å². The fourth-order valence-corrected chi connectivity index (χ4v) is 1.91. The smallest absolute Gasteiger partial charge is 0.184 e. The zero-order chi connectivity index (χ0) is 15.2. The molecule has 114 valence electrons. The van der Waals surface area contributed by atoms with E-state index >= 15 is 0 Å². The largest absolute Gasteiger partial charge is 0.399 e. The summed E-state index contributed by atoms with van der Waals surface area (Å²) >= 11 is 0. The Morgan fingerprint density at radius 2 is 2.05 bits per heavy atom. The van der Waals surface area contributed by atoms with Crippen molar-refractivity contribution in [3.8, 4) is 11.4 Å². The summed E-state index contributed by atoms with van der Waals surface area (Å²) < 4.78 is 7.28. The highest BCUT2D eigenvalue weighted by molar-refractivity contribution is 5.74. The van der Waals surface area contributed by atoms with Gasteiger partial charge in [-0.25, -0.2) is 4.68 Å². The Hall–Kier alpha value is -2.15. The SMILES string of the molecule is CC(C)CCOCCn1nnnc1-c1ccc(N)cc1N. The van der Waals surface area contributed by atoms with E-state index < -0.39 is 0 Å². The third kappa shape index (κ3) is 4.16. The van der Waals surface area contributed by atoms with Crippen molar-refractivity contribution < 1.29 is 4.74 Å². The van der Waals surface area contributed by atoms with E-state index in [1.54, 1.807) is 16.8 Å². The lowest BCUT2D eigenvalue weighted by Crippen LogP contribution is -2.11. The molecule has 0 aliphatic heterocycles. The molecule has 0 saturated carbocycles. The Morgan fingerprint density at radius 3 is 2.76 bits per heavy atom. The molecule has 7 heteroatoms. The molecule has 0 bridgehead atoms. The van der Waals surface area contributed by atoms with Crippen LogP contribution in [0, 0.1) is 5.92 Å². The monoisotopic (exact) mass is 290 g/mol. The Labute approximate surface area is 124 Å². The lowest BCUT2D eigenvalue weighted by atomic mass is 10.1. The molecule has 1 aromatic heterocycles. The highest BCUT2D eigenvalue weighted by Gasteiger charge is 2.12. The first-order chi connectivity index (χ1) is 10.1. The molecule has 0 aliphatic rings. The number of rotatable bonds is 7. The van der Waals surface area contributed by atoms with Crippen LogP contribution in [0.2, 0.25) is 0 Å². The maximum atomic E-state index is 5.97. The van der Waals surface area contributed by atoms with Crippen LogP contribution < -0.4 is 11.5 Å². The quantitative estimate of drug-likeness (QED) is 0.592. The van der Waals surface area contributed by atoms with E-state index in [9.17, 15) is 0 Å². The standard InChI is InChI=1S/C14H22N6O/c1-10(2)5-7-21-8-6-20-14(17-18-19-20)12-4-3-11(15)9-13(12)16/h3-4,9-10H,5-8,15-16H2,1-2H3. The number of aromatic nitrogens is 4. The van der Waals surface area contributed by atoms with Gasteiger partial charge < -0.3 is 16.2 Å². The first-order valence-electron chi connectivity index (χ1n) is 7.07. The van der Waals surface area contributed by atoms with Crippen molar-refractivity contribution >= 4 is 11.4 Å². The van der Waals surface area contributed by atoms with Gasteiger partial charge in [0, 0.05) is 23.5 Å². The van der Waals surface area contributed by atoms with E-state index in [-0.39, 0.29) is 0 Å². The Morgan fingerprint density at radius 1 is 1.24 bits per heavy atom. The van der Waals surface area contributed by atoms with E-state index in [1.807, 2.05) is 6.07 Å². The molecule has 0 spiro atoms. The van der Waals surface area contributed by atoms with Crippen molar-refractivity contribution in [2.24, 2.45) is 5.92 Å². The zero-order valence-corrected chi connectivity index (χ0v) is 12.5. The molecule has 0 unspecified atom stereocenters. The summed E-state index contributed by atoms with van der Waals surface area (Å²) in [5.74, 6) is 1.27. The summed E-state index contributed by atoms with van der Waals surface area (Å²) in [7, 11) is 0. The molecular formula is C14H22N6O. The molecule has 21 heavy (non-hydrogen) atoms. The third-order valence-corrected chi connectivity index (χ3v) is 3.14. The van der Waals surface area contributed by atoms with Crippen LogP contribution in [0.5, 0.6) is 0 Å². The topological polar surface area (TPSA) is 105 Å². The molecule has 0 fully saturated rings. The average Bonchev–Trinajstić information content (AvgIpc) is 2.86. The van der Waals surface area contributed by atoms with Crippen LogP contribution >= 0.6 is 0 Å².